The number of hydrogen-bond donors (Lipinski definition) is 0. The summed E-state index contributed by atoms with van der Waals surface area (Å²) in [6.07, 6.45) is -0.0492. The van der Waals surface area contributed by atoms with E-state index in [1.807, 2.05) is 6.92 Å². The molecule has 3 rings (SSSR count). The number of ether oxygens (including phenoxy) is 1. The van der Waals surface area contributed by atoms with Crippen molar-refractivity contribution in [3.05, 3.63) is 60.2 Å². The molecular weight excluding hydrogens is 338 g/mol. The molecule has 1 fully saturated rings. The molecule has 0 radical (unpaired) electrons. The van der Waals surface area contributed by atoms with Gasteiger partial charge in [0.15, 0.2) is 6.10 Å². The van der Waals surface area contributed by atoms with Crippen molar-refractivity contribution in [2.45, 2.75) is 19.4 Å². The Morgan fingerprint density at radius 3 is 2.04 bits per heavy atom. The van der Waals surface area contributed by atoms with Crippen LogP contribution in [0.4, 0.5) is 14.5 Å². The van der Waals surface area contributed by atoms with Crippen molar-refractivity contribution in [1.82, 2.24) is 4.90 Å². The first-order chi connectivity index (χ1) is 12.6. The lowest BCUT2D eigenvalue weighted by Gasteiger charge is -2.37. The molecule has 6 heteroatoms. The van der Waals surface area contributed by atoms with E-state index >= 15 is 0 Å². The maximum atomic E-state index is 13.0. The Bertz CT molecular complexity index is 726. The molecule has 1 saturated heterocycles. The third kappa shape index (κ3) is 4.31. The quantitative estimate of drug-likeness (QED) is 0.819. The van der Waals surface area contributed by atoms with Gasteiger partial charge in [-0.3, -0.25) is 4.79 Å². The van der Waals surface area contributed by atoms with Crippen LogP contribution < -0.4 is 9.64 Å². The fraction of sp³-hybridized carbons (Fsp3) is 0.350. The highest BCUT2D eigenvalue weighted by molar-refractivity contribution is 5.81. The first-order valence-electron chi connectivity index (χ1n) is 8.78. The Labute approximate surface area is 152 Å². The summed E-state index contributed by atoms with van der Waals surface area (Å²) in [4.78, 5) is 16.7. The van der Waals surface area contributed by atoms with Gasteiger partial charge < -0.3 is 14.5 Å². The summed E-state index contributed by atoms with van der Waals surface area (Å²) in [5.41, 5.74) is 0.952. The number of rotatable bonds is 5. The smallest absolute Gasteiger partial charge is 0.263 e. The molecule has 0 aromatic heterocycles. The van der Waals surface area contributed by atoms with Crippen LogP contribution in [0.25, 0.3) is 0 Å². The molecular formula is C20H22F2N2O2. The fourth-order valence-electron chi connectivity index (χ4n) is 3.03. The summed E-state index contributed by atoms with van der Waals surface area (Å²) in [5.74, 6) is -0.174. The Hall–Kier alpha value is -2.63. The van der Waals surface area contributed by atoms with Crippen molar-refractivity contribution in [1.29, 1.82) is 0 Å². The zero-order valence-corrected chi connectivity index (χ0v) is 14.7. The maximum Gasteiger partial charge on any atom is 0.263 e. The molecule has 1 atom stereocenters. The maximum absolute atomic E-state index is 13.0. The molecule has 0 unspecified atom stereocenters. The van der Waals surface area contributed by atoms with Crippen LogP contribution in [0, 0.1) is 11.6 Å². The summed E-state index contributed by atoms with van der Waals surface area (Å²) in [5, 5.41) is 0. The molecule has 1 heterocycles. The van der Waals surface area contributed by atoms with Crippen LogP contribution in [0.3, 0.4) is 0 Å². The molecule has 1 aliphatic heterocycles. The number of halogens is 2. The predicted octanol–water partition coefficient (Wildman–Crippen LogP) is 3.47. The Balaban J connectivity index is 1.57. The molecule has 0 spiro atoms. The lowest BCUT2D eigenvalue weighted by molar-refractivity contribution is -0.139. The van der Waals surface area contributed by atoms with E-state index in [1.165, 1.54) is 36.4 Å². The van der Waals surface area contributed by atoms with Crippen molar-refractivity contribution in [2.75, 3.05) is 31.1 Å². The van der Waals surface area contributed by atoms with E-state index < -0.39 is 6.10 Å². The van der Waals surface area contributed by atoms with Gasteiger partial charge in [-0.2, -0.15) is 0 Å². The van der Waals surface area contributed by atoms with E-state index in [2.05, 4.69) is 4.90 Å². The third-order valence-corrected chi connectivity index (χ3v) is 4.52. The van der Waals surface area contributed by atoms with E-state index in [1.54, 1.807) is 17.0 Å². The van der Waals surface area contributed by atoms with Gasteiger partial charge in [0.2, 0.25) is 0 Å². The minimum atomic E-state index is -0.585. The van der Waals surface area contributed by atoms with Crippen LogP contribution in [-0.4, -0.2) is 43.1 Å². The number of carbonyl (C=O) groups excluding carboxylic acids is 1. The van der Waals surface area contributed by atoms with Gasteiger partial charge in [-0.1, -0.05) is 6.92 Å². The summed E-state index contributed by atoms with van der Waals surface area (Å²) in [7, 11) is 0. The number of nitrogens with zero attached hydrogens (tertiary/aromatic N) is 2. The van der Waals surface area contributed by atoms with Gasteiger partial charge in [-0.25, -0.2) is 8.78 Å². The number of benzene rings is 2. The van der Waals surface area contributed by atoms with E-state index in [-0.39, 0.29) is 17.5 Å². The van der Waals surface area contributed by atoms with E-state index in [9.17, 15) is 13.6 Å². The van der Waals surface area contributed by atoms with Crippen molar-refractivity contribution in [2.24, 2.45) is 0 Å². The molecule has 0 saturated carbocycles. The molecule has 0 N–H and O–H groups in total. The molecule has 0 aliphatic carbocycles. The van der Waals surface area contributed by atoms with Gasteiger partial charge in [-0.05, 0) is 55.0 Å². The largest absolute Gasteiger partial charge is 0.481 e. The Morgan fingerprint density at radius 1 is 0.962 bits per heavy atom. The molecule has 26 heavy (non-hydrogen) atoms. The lowest BCUT2D eigenvalue weighted by atomic mass is 10.2. The summed E-state index contributed by atoms with van der Waals surface area (Å²) in [6, 6.07) is 12.1. The first kappa shape index (κ1) is 18.2. The third-order valence-electron chi connectivity index (χ3n) is 4.52. The van der Waals surface area contributed by atoms with Crippen LogP contribution in [0.15, 0.2) is 48.5 Å². The van der Waals surface area contributed by atoms with E-state index in [0.29, 0.717) is 38.3 Å². The highest BCUT2D eigenvalue weighted by atomic mass is 19.1. The van der Waals surface area contributed by atoms with Gasteiger partial charge in [0.05, 0.1) is 0 Å². The normalized spacial score (nSPS) is 15.7. The number of carbonyl (C=O) groups is 1. The van der Waals surface area contributed by atoms with Crippen molar-refractivity contribution in [3.8, 4) is 5.75 Å². The number of piperazine rings is 1. The average molecular weight is 360 g/mol. The molecule has 2 aromatic rings. The minimum absolute atomic E-state index is 0.0596. The Kier molecular flexibility index (Phi) is 5.71. The summed E-state index contributed by atoms with van der Waals surface area (Å²) >= 11 is 0. The second-order valence-electron chi connectivity index (χ2n) is 6.26. The van der Waals surface area contributed by atoms with Crippen LogP contribution in [0.1, 0.15) is 13.3 Å². The molecule has 2 aromatic carbocycles. The van der Waals surface area contributed by atoms with Crippen LogP contribution in [0.2, 0.25) is 0 Å². The highest BCUT2D eigenvalue weighted by Gasteiger charge is 2.28. The number of amides is 1. The summed E-state index contributed by atoms with van der Waals surface area (Å²) in [6.45, 7) is 4.43. The standard InChI is InChI=1S/C20H22F2N2O2/c1-2-19(26-18-9-5-16(22)6-10-18)20(25)24-13-11-23(12-14-24)17-7-3-15(21)4-8-17/h3-10,19H,2,11-14H2,1H3/t19-/m1/s1. The second kappa shape index (κ2) is 8.17. The van der Waals surface area contributed by atoms with Gasteiger partial charge in [0.1, 0.15) is 17.4 Å². The van der Waals surface area contributed by atoms with Crippen LogP contribution in [0.5, 0.6) is 5.75 Å². The minimum Gasteiger partial charge on any atom is -0.481 e. The lowest BCUT2D eigenvalue weighted by Crippen LogP contribution is -2.52. The number of anilines is 1. The van der Waals surface area contributed by atoms with Gasteiger partial charge in [0.25, 0.3) is 5.91 Å². The molecule has 138 valence electrons. The zero-order valence-electron chi connectivity index (χ0n) is 14.7. The van der Waals surface area contributed by atoms with Crippen LogP contribution in [-0.2, 0) is 4.79 Å². The highest BCUT2D eigenvalue weighted by Crippen LogP contribution is 2.19. The first-order valence-corrected chi connectivity index (χ1v) is 8.78. The summed E-state index contributed by atoms with van der Waals surface area (Å²) < 4.78 is 31.8. The monoisotopic (exact) mass is 360 g/mol. The van der Waals surface area contributed by atoms with Gasteiger partial charge >= 0.3 is 0 Å². The van der Waals surface area contributed by atoms with E-state index in [4.69, 9.17) is 4.74 Å². The van der Waals surface area contributed by atoms with Crippen molar-refractivity contribution in [3.63, 3.8) is 0 Å². The molecule has 1 aliphatic rings. The Morgan fingerprint density at radius 2 is 1.50 bits per heavy atom. The van der Waals surface area contributed by atoms with Gasteiger partial charge in [-0.15, -0.1) is 0 Å². The van der Waals surface area contributed by atoms with Crippen molar-refractivity contribution < 1.29 is 18.3 Å². The van der Waals surface area contributed by atoms with Crippen LogP contribution >= 0.6 is 0 Å². The van der Waals surface area contributed by atoms with E-state index in [0.717, 1.165) is 5.69 Å². The molecule has 1 amide bonds. The molecule has 0 bridgehead atoms. The topological polar surface area (TPSA) is 32.8 Å². The average Bonchev–Trinajstić information content (AvgIpc) is 2.68. The van der Waals surface area contributed by atoms with Crippen molar-refractivity contribution >= 4 is 11.6 Å². The zero-order chi connectivity index (χ0) is 18.5. The molecule has 4 nitrogen and oxygen atoms in total. The number of hydrogen-bond acceptors (Lipinski definition) is 3. The second-order valence-corrected chi connectivity index (χ2v) is 6.26. The fourth-order valence-corrected chi connectivity index (χ4v) is 3.03. The predicted molar refractivity (Wildman–Crippen MR) is 96.3 cm³/mol. The van der Waals surface area contributed by atoms with Gasteiger partial charge in [0, 0.05) is 31.9 Å². The SMILES string of the molecule is CC[C@@H](Oc1ccc(F)cc1)C(=O)N1CCN(c2ccc(F)cc2)CC1.